The Hall–Kier alpha value is -1.81. The van der Waals surface area contributed by atoms with Gasteiger partial charge in [-0.05, 0) is 11.1 Å². The van der Waals surface area contributed by atoms with Crippen molar-refractivity contribution in [2.45, 2.75) is 32.2 Å². The fourth-order valence-corrected chi connectivity index (χ4v) is 2.70. The molecule has 0 saturated heterocycles. The summed E-state index contributed by atoms with van der Waals surface area (Å²) in [5.74, 6) is 1.36. The number of aliphatic hydroxyl groups is 1. The first-order chi connectivity index (χ1) is 9.69. The molecule has 1 aromatic carbocycles. The minimum Gasteiger partial charge on any atom is -0.428 e. The van der Waals surface area contributed by atoms with Gasteiger partial charge in [0, 0.05) is 24.9 Å². The molecule has 2 aromatic rings. The molecule has 1 aliphatic heterocycles. The Morgan fingerprint density at radius 3 is 2.90 bits per heavy atom. The molecule has 1 aromatic heterocycles. The number of benzene rings is 1. The number of aromatic nitrogens is 1. The van der Waals surface area contributed by atoms with E-state index in [1.165, 1.54) is 11.1 Å². The zero-order chi connectivity index (χ0) is 14.1. The van der Waals surface area contributed by atoms with E-state index in [1.807, 2.05) is 12.1 Å². The second-order valence-electron chi connectivity index (χ2n) is 5.66. The molecule has 0 aliphatic carbocycles. The molecule has 0 spiro atoms. The summed E-state index contributed by atoms with van der Waals surface area (Å²) >= 11 is 0. The molecule has 3 rings (SSSR count). The van der Waals surface area contributed by atoms with Gasteiger partial charge in [-0.1, -0.05) is 38.1 Å². The summed E-state index contributed by atoms with van der Waals surface area (Å²) in [5.41, 5.74) is 2.48. The standard InChI is InChI=1S/C16H20N2O2/c1-11(2)15-7-17-16(20-15)18-8-12-5-3-4-6-14(12)13(9-18)10-19/h3-7,11,13,19H,8-10H2,1-2H3. The monoisotopic (exact) mass is 272 g/mol. The fourth-order valence-electron chi connectivity index (χ4n) is 2.70. The number of oxazole rings is 1. The van der Waals surface area contributed by atoms with Crippen LogP contribution < -0.4 is 4.90 Å². The molecule has 1 N–H and O–H groups in total. The Morgan fingerprint density at radius 2 is 2.20 bits per heavy atom. The Bertz CT molecular complexity index is 592. The van der Waals surface area contributed by atoms with Crippen LogP contribution in [0.4, 0.5) is 6.01 Å². The maximum atomic E-state index is 9.62. The highest BCUT2D eigenvalue weighted by Crippen LogP contribution is 2.31. The molecule has 1 atom stereocenters. The molecule has 1 unspecified atom stereocenters. The van der Waals surface area contributed by atoms with Crippen molar-refractivity contribution in [1.82, 2.24) is 4.98 Å². The van der Waals surface area contributed by atoms with Crippen LogP contribution in [0.1, 0.15) is 42.6 Å². The van der Waals surface area contributed by atoms with Gasteiger partial charge in [-0.15, -0.1) is 0 Å². The van der Waals surface area contributed by atoms with Crippen LogP contribution in [0, 0.1) is 0 Å². The van der Waals surface area contributed by atoms with Crippen LogP contribution in [0.15, 0.2) is 34.9 Å². The number of rotatable bonds is 3. The third-order valence-electron chi connectivity index (χ3n) is 3.87. The van der Waals surface area contributed by atoms with E-state index in [-0.39, 0.29) is 12.5 Å². The molecule has 2 heterocycles. The van der Waals surface area contributed by atoms with Crippen LogP contribution in [-0.4, -0.2) is 23.2 Å². The van der Waals surface area contributed by atoms with E-state index in [4.69, 9.17) is 4.42 Å². The van der Waals surface area contributed by atoms with Gasteiger partial charge in [0.2, 0.25) is 0 Å². The van der Waals surface area contributed by atoms with Gasteiger partial charge in [0.15, 0.2) is 0 Å². The summed E-state index contributed by atoms with van der Waals surface area (Å²) in [6, 6.07) is 8.92. The predicted octanol–water partition coefficient (Wildman–Crippen LogP) is 2.89. The molecule has 1 aliphatic rings. The second kappa shape index (κ2) is 5.29. The highest BCUT2D eigenvalue weighted by atomic mass is 16.4. The Balaban J connectivity index is 1.89. The summed E-state index contributed by atoms with van der Waals surface area (Å²) < 4.78 is 5.83. The molecule has 0 amide bonds. The number of anilines is 1. The third-order valence-corrected chi connectivity index (χ3v) is 3.87. The molecular formula is C16H20N2O2. The number of nitrogens with zero attached hydrogens (tertiary/aromatic N) is 2. The lowest BCUT2D eigenvalue weighted by Crippen LogP contribution is -2.35. The highest BCUT2D eigenvalue weighted by Gasteiger charge is 2.27. The molecule has 4 nitrogen and oxygen atoms in total. The van der Waals surface area contributed by atoms with E-state index in [0.29, 0.717) is 11.9 Å². The molecular weight excluding hydrogens is 252 g/mol. The highest BCUT2D eigenvalue weighted by molar-refractivity contribution is 5.41. The molecule has 4 heteroatoms. The first-order valence-electron chi connectivity index (χ1n) is 7.08. The van der Waals surface area contributed by atoms with Gasteiger partial charge in [0.25, 0.3) is 6.01 Å². The summed E-state index contributed by atoms with van der Waals surface area (Å²) in [7, 11) is 0. The molecule has 0 bridgehead atoms. The van der Waals surface area contributed by atoms with Crippen molar-refractivity contribution in [3.63, 3.8) is 0 Å². The Kier molecular flexibility index (Phi) is 3.49. The lowest BCUT2D eigenvalue weighted by molar-refractivity contribution is 0.260. The normalized spacial score (nSPS) is 18.4. The molecule has 0 fully saturated rings. The van der Waals surface area contributed by atoms with Crippen LogP contribution in [0.25, 0.3) is 0 Å². The average Bonchev–Trinajstić information content (AvgIpc) is 2.96. The maximum absolute atomic E-state index is 9.62. The fraction of sp³-hybridized carbons (Fsp3) is 0.438. The zero-order valence-electron chi connectivity index (χ0n) is 11.9. The van der Waals surface area contributed by atoms with Crippen LogP contribution >= 0.6 is 0 Å². The summed E-state index contributed by atoms with van der Waals surface area (Å²) in [6.45, 7) is 5.85. The average molecular weight is 272 g/mol. The van der Waals surface area contributed by atoms with Crippen molar-refractivity contribution >= 4 is 6.01 Å². The summed E-state index contributed by atoms with van der Waals surface area (Å²) in [5, 5.41) is 9.62. The zero-order valence-corrected chi connectivity index (χ0v) is 11.9. The SMILES string of the molecule is CC(C)c1cnc(N2Cc3ccccc3C(CO)C2)o1. The van der Waals surface area contributed by atoms with E-state index in [0.717, 1.165) is 18.8 Å². The van der Waals surface area contributed by atoms with E-state index in [1.54, 1.807) is 6.20 Å². The van der Waals surface area contributed by atoms with E-state index < -0.39 is 0 Å². The van der Waals surface area contributed by atoms with Gasteiger partial charge in [-0.2, -0.15) is 0 Å². The van der Waals surface area contributed by atoms with Crippen molar-refractivity contribution in [3.8, 4) is 0 Å². The largest absolute Gasteiger partial charge is 0.428 e. The maximum Gasteiger partial charge on any atom is 0.297 e. The number of aliphatic hydroxyl groups excluding tert-OH is 1. The molecule has 0 radical (unpaired) electrons. The van der Waals surface area contributed by atoms with Gasteiger partial charge >= 0.3 is 0 Å². The third kappa shape index (κ3) is 2.31. The topological polar surface area (TPSA) is 49.5 Å². The van der Waals surface area contributed by atoms with Crippen LogP contribution in [0.3, 0.4) is 0 Å². The van der Waals surface area contributed by atoms with Crippen molar-refractivity contribution in [2.75, 3.05) is 18.1 Å². The van der Waals surface area contributed by atoms with Crippen LogP contribution in [0.5, 0.6) is 0 Å². The molecule has 106 valence electrons. The second-order valence-corrected chi connectivity index (χ2v) is 5.66. The van der Waals surface area contributed by atoms with Gasteiger partial charge in [-0.3, -0.25) is 0 Å². The van der Waals surface area contributed by atoms with Crippen molar-refractivity contribution in [2.24, 2.45) is 0 Å². The molecule has 20 heavy (non-hydrogen) atoms. The van der Waals surface area contributed by atoms with E-state index >= 15 is 0 Å². The first kappa shape index (κ1) is 13.2. The van der Waals surface area contributed by atoms with Crippen molar-refractivity contribution < 1.29 is 9.52 Å². The lowest BCUT2D eigenvalue weighted by atomic mass is 9.90. The minimum absolute atomic E-state index is 0.120. The summed E-state index contributed by atoms with van der Waals surface area (Å²) in [4.78, 5) is 6.49. The van der Waals surface area contributed by atoms with Gasteiger partial charge < -0.3 is 14.4 Å². The van der Waals surface area contributed by atoms with Gasteiger partial charge in [0.1, 0.15) is 5.76 Å². The molecule has 0 saturated carbocycles. The number of hydrogen-bond acceptors (Lipinski definition) is 4. The van der Waals surface area contributed by atoms with Gasteiger partial charge in [0.05, 0.1) is 12.8 Å². The van der Waals surface area contributed by atoms with Crippen molar-refractivity contribution in [1.29, 1.82) is 0 Å². The van der Waals surface area contributed by atoms with Gasteiger partial charge in [-0.25, -0.2) is 4.98 Å². The lowest BCUT2D eigenvalue weighted by Gasteiger charge is -2.32. The minimum atomic E-state index is 0.120. The summed E-state index contributed by atoms with van der Waals surface area (Å²) in [6.07, 6.45) is 1.80. The number of fused-ring (bicyclic) bond motifs is 1. The Labute approximate surface area is 119 Å². The predicted molar refractivity (Wildman–Crippen MR) is 77.9 cm³/mol. The Morgan fingerprint density at radius 1 is 1.40 bits per heavy atom. The van der Waals surface area contributed by atoms with E-state index in [2.05, 4.69) is 35.9 Å². The van der Waals surface area contributed by atoms with Crippen LogP contribution in [-0.2, 0) is 6.54 Å². The first-order valence-corrected chi connectivity index (χ1v) is 7.08. The van der Waals surface area contributed by atoms with E-state index in [9.17, 15) is 5.11 Å². The van der Waals surface area contributed by atoms with Crippen LogP contribution in [0.2, 0.25) is 0 Å². The smallest absolute Gasteiger partial charge is 0.297 e. The quantitative estimate of drug-likeness (QED) is 0.933. The number of hydrogen-bond donors (Lipinski definition) is 1. The van der Waals surface area contributed by atoms with Crippen molar-refractivity contribution in [3.05, 3.63) is 47.3 Å².